The number of rotatable bonds is 3. The van der Waals surface area contributed by atoms with Crippen molar-refractivity contribution >= 4 is 9.84 Å². The van der Waals surface area contributed by atoms with Crippen molar-refractivity contribution in [2.45, 2.75) is 48.9 Å². The van der Waals surface area contributed by atoms with Gasteiger partial charge in [-0.15, -0.1) is 0 Å². The lowest BCUT2D eigenvalue weighted by Crippen LogP contribution is -2.35. The summed E-state index contributed by atoms with van der Waals surface area (Å²) in [5.41, 5.74) is -0.227. The van der Waals surface area contributed by atoms with Crippen molar-refractivity contribution in [3.05, 3.63) is 30.3 Å². The Labute approximate surface area is 120 Å². The molecule has 1 spiro atoms. The van der Waals surface area contributed by atoms with E-state index in [1.807, 2.05) is 0 Å². The van der Waals surface area contributed by atoms with Crippen LogP contribution in [0, 0.1) is 0 Å². The molecule has 2 fully saturated rings. The quantitative estimate of drug-likeness (QED) is 0.860. The average Bonchev–Trinajstić information content (AvgIpc) is 2.82. The number of sulfone groups is 1. The van der Waals surface area contributed by atoms with E-state index in [2.05, 4.69) is 0 Å². The molecule has 0 aromatic heterocycles. The van der Waals surface area contributed by atoms with E-state index in [9.17, 15) is 8.42 Å². The maximum absolute atomic E-state index is 12.3. The molecule has 1 aromatic rings. The normalized spacial score (nSPS) is 25.9. The zero-order valence-electron chi connectivity index (χ0n) is 11.5. The summed E-state index contributed by atoms with van der Waals surface area (Å²) in [7, 11) is -3.35. The lowest BCUT2D eigenvalue weighted by Gasteiger charge is -2.31. The average molecular weight is 296 g/mol. The van der Waals surface area contributed by atoms with Crippen LogP contribution in [0.4, 0.5) is 0 Å². The highest BCUT2D eigenvalue weighted by Gasteiger charge is 2.43. The Hall–Kier alpha value is -0.910. The minimum absolute atomic E-state index is 0.0984. The second kappa shape index (κ2) is 5.47. The Morgan fingerprint density at radius 3 is 2.50 bits per heavy atom. The molecule has 4 nitrogen and oxygen atoms in total. The van der Waals surface area contributed by atoms with Gasteiger partial charge in [-0.2, -0.15) is 0 Å². The van der Waals surface area contributed by atoms with Crippen LogP contribution in [0.2, 0.25) is 0 Å². The van der Waals surface area contributed by atoms with E-state index in [0.717, 1.165) is 25.7 Å². The molecule has 1 unspecified atom stereocenters. The summed E-state index contributed by atoms with van der Waals surface area (Å²) in [5, 5.41) is 0. The van der Waals surface area contributed by atoms with Crippen molar-refractivity contribution in [3.63, 3.8) is 0 Å². The Morgan fingerprint density at radius 1 is 1.10 bits per heavy atom. The van der Waals surface area contributed by atoms with E-state index in [1.165, 1.54) is 6.42 Å². The zero-order chi connectivity index (χ0) is 14.1. The maximum atomic E-state index is 12.3. The van der Waals surface area contributed by atoms with Crippen LogP contribution in [0.1, 0.15) is 32.1 Å². The van der Waals surface area contributed by atoms with Gasteiger partial charge in [0.15, 0.2) is 16.1 Å². The molecule has 20 heavy (non-hydrogen) atoms. The first kappa shape index (κ1) is 14.0. The molecule has 0 amide bonds. The minimum Gasteiger partial charge on any atom is -0.349 e. The molecule has 110 valence electrons. The molecule has 1 aliphatic heterocycles. The van der Waals surface area contributed by atoms with E-state index >= 15 is 0 Å². The molecule has 1 heterocycles. The first-order valence-corrected chi connectivity index (χ1v) is 8.82. The summed E-state index contributed by atoms with van der Waals surface area (Å²) in [6.45, 7) is 0.530. The van der Waals surface area contributed by atoms with Gasteiger partial charge in [0, 0.05) is 0 Å². The molecule has 1 saturated carbocycles. The molecule has 2 aliphatic rings. The van der Waals surface area contributed by atoms with Crippen LogP contribution in [0.25, 0.3) is 0 Å². The molecule has 0 radical (unpaired) electrons. The fourth-order valence-corrected chi connectivity index (χ4v) is 4.32. The van der Waals surface area contributed by atoms with Gasteiger partial charge in [0.05, 0.1) is 17.1 Å². The molecule has 1 aliphatic carbocycles. The number of hydrogen-bond acceptors (Lipinski definition) is 4. The second-order valence-electron chi connectivity index (χ2n) is 5.70. The van der Waals surface area contributed by atoms with Gasteiger partial charge in [-0.1, -0.05) is 37.5 Å². The summed E-state index contributed by atoms with van der Waals surface area (Å²) < 4.78 is 36.1. The summed E-state index contributed by atoms with van der Waals surface area (Å²) in [6.07, 6.45) is 4.85. The molecule has 0 bridgehead atoms. The fraction of sp³-hybridized carbons (Fsp3) is 0.600. The second-order valence-corrected chi connectivity index (χ2v) is 7.73. The van der Waals surface area contributed by atoms with Gasteiger partial charge >= 0.3 is 0 Å². The number of benzene rings is 1. The Kier molecular flexibility index (Phi) is 3.84. The summed E-state index contributed by atoms with van der Waals surface area (Å²) >= 11 is 0. The maximum Gasteiger partial charge on any atom is 0.183 e. The highest BCUT2D eigenvalue weighted by atomic mass is 32.2. The van der Waals surface area contributed by atoms with Crippen molar-refractivity contribution in [2.75, 3.05) is 12.4 Å². The third-order valence-corrected chi connectivity index (χ3v) is 5.84. The lowest BCUT2D eigenvalue weighted by atomic mass is 9.86. The molecule has 1 saturated heterocycles. The Balaban J connectivity index is 1.67. The summed E-state index contributed by atoms with van der Waals surface area (Å²) in [4.78, 5) is 0.330. The largest absolute Gasteiger partial charge is 0.349 e. The van der Waals surface area contributed by atoms with E-state index < -0.39 is 16.1 Å². The SMILES string of the molecule is O=S(=O)(CC1OCC2(CCCCC2)O1)c1ccccc1. The van der Waals surface area contributed by atoms with Gasteiger partial charge in [-0.3, -0.25) is 0 Å². The summed E-state index contributed by atoms with van der Waals surface area (Å²) in [5.74, 6) is -0.0984. The highest BCUT2D eigenvalue weighted by molar-refractivity contribution is 7.91. The molecular formula is C15H20O4S. The van der Waals surface area contributed by atoms with Gasteiger partial charge in [-0.25, -0.2) is 8.42 Å². The van der Waals surface area contributed by atoms with E-state index in [4.69, 9.17) is 9.47 Å². The monoisotopic (exact) mass is 296 g/mol. The van der Waals surface area contributed by atoms with Crippen molar-refractivity contribution in [1.29, 1.82) is 0 Å². The third-order valence-electron chi connectivity index (χ3n) is 4.14. The first-order valence-electron chi connectivity index (χ1n) is 7.17. The van der Waals surface area contributed by atoms with Gasteiger partial charge < -0.3 is 9.47 Å². The van der Waals surface area contributed by atoms with Gasteiger partial charge in [0.1, 0.15) is 5.75 Å². The summed E-state index contributed by atoms with van der Waals surface area (Å²) in [6, 6.07) is 8.48. The van der Waals surface area contributed by atoms with Crippen molar-refractivity contribution in [1.82, 2.24) is 0 Å². The lowest BCUT2D eigenvalue weighted by molar-refractivity contribution is -0.0862. The van der Waals surface area contributed by atoms with Crippen molar-refractivity contribution in [2.24, 2.45) is 0 Å². The van der Waals surface area contributed by atoms with Crippen LogP contribution in [-0.2, 0) is 19.3 Å². The highest BCUT2D eigenvalue weighted by Crippen LogP contribution is 2.37. The topological polar surface area (TPSA) is 52.6 Å². The van der Waals surface area contributed by atoms with Crippen LogP contribution in [-0.4, -0.2) is 32.7 Å². The standard InChI is InChI=1S/C15H20O4S/c16-20(17,13-7-3-1-4-8-13)11-14-18-12-15(19-14)9-5-2-6-10-15/h1,3-4,7-8,14H,2,5-6,9-12H2. The molecule has 1 atom stereocenters. The molecule has 5 heteroatoms. The third kappa shape index (κ3) is 2.90. The van der Waals surface area contributed by atoms with Gasteiger partial charge in [0.2, 0.25) is 0 Å². The predicted molar refractivity (Wildman–Crippen MR) is 75.1 cm³/mol. The van der Waals surface area contributed by atoms with Crippen LogP contribution >= 0.6 is 0 Å². The molecule has 3 rings (SSSR count). The van der Waals surface area contributed by atoms with Crippen LogP contribution in [0.15, 0.2) is 35.2 Å². The number of ether oxygens (including phenoxy) is 2. The van der Waals surface area contributed by atoms with E-state index in [-0.39, 0.29) is 11.4 Å². The first-order chi connectivity index (χ1) is 9.60. The van der Waals surface area contributed by atoms with Crippen LogP contribution in [0.3, 0.4) is 0 Å². The Morgan fingerprint density at radius 2 is 1.80 bits per heavy atom. The van der Waals surface area contributed by atoms with Gasteiger partial charge in [-0.05, 0) is 25.0 Å². The van der Waals surface area contributed by atoms with Crippen LogP contribution in [0.5, 0.6) is 0 Å². The molecule has 0 N–H and O–H groups in total. The van der Waals surface area contributed by atoms with Crippen molar-refractivity contribution in [3.8, 4) is 0 Å². The smallest absolute Gasteiger partial charge is 0.183 e. The van der Waals surface area contributed by atoms with Gasteiger partial charge in [0.25, 0.3) is 0 Å². The Bertz CT molecular complexity index is 546. The predicted octanol–water partition coefficient (Wildman–Crippen LogP) is 2.54. The van der Waals surface area contributed by atoms with E-state index in [0.29, 0.717) is 11.5 Å². The fourth-order valence-electron chi connectivity index (χ4n) is 3.04. The molecule has 1 aromatic carbocycles. The van der Waals surface area contributed by atoms with Crippen molar-refractivity contribution < 1.29 is 17.9 Å². The zero-order valence-corrected chi connectivity index (χ0v) is 12.3. The minimum atomic E-state index is -3.35. The van der Waals surface area contributed by atoms with Crippen LogP contribution < -0.4 is 0 Å². The van der Waals surface area contributed by atoms with E-state index in [1.54, 1.807) is 30.3 Å². The molecular weight excluding hydrogens is 276 g/mol. The number of hydrogen-bond donors (Lipinski definition) is 0.